The van der Waals surface area contributed by atoms with Gasteiger partial charge in [-0.25, -0.2) is 9.55 Å². The maximum atomic E-state index is 13.7. The van der Waals surface area contributed by atoms with E-state index in [0.717, 1.165) is 22.9 Å². The molecule has 2 heterocycles. The zero-order chi connectivity index (χ0) is 24.2. The quantitative estimate of drug-likeness (QED) is 0.253. The summed E-state index contributed by atoms with van der Waals surface area (Å²) in [5, 5.41) is 4.24. The first-order valence-electron chi connectivity index (χ1n) is 11.3. The Morgan fingerprint density at radius 3 is 2.60 bits per heavy atom. The average molecular weight is 485 g/mol. The van der Waals surface area contributed by atoms with Gasteiger partial charge < -0.3 is 15.0 Å². The normalized spacial score (nSPS) is 11.1. The largest absolute Gasteiger partial charge is 0.495 e. The average Bonchev–Trinajstić information content (AvgIpc) is 3.27. The summed E-state index contributed by atoms with van der Waals surface area (Å²) in [6.07, 6.45) is 0.753. The van der Waals surface area contributed by atoms with Gasteiger partial charge in [0.05, 0.1) is 18.6 Å². The Bertz CT molecular complexity index is 1560. The van der Waals surface area contributed by atoms with Crippen molar-refractivity contribution in [2.45, 2.75) is 11.6 Å². The van der Waals surface area contributed by atoms with Crippen molar-refractivity contribution in [1.29, 1.82) is 0 Å². The molecule has 0 spiro atoms. The van der Waals surface area contributed by atoms with E-state index in [4.69, 9.17) is 9.72 Å². The standard InChI is InChI=1S/C27H24N4O3S/c1-34-22-14-8-7-13-21(22)31-26(33)25-24(19-11-5-6-12-20(19)29-25)30-27(31)35-17-23(32)28-16-15-18-9-3-2-4-10-18/h2-14,29H,15-17H2,1H3,(H,28,32). The van der Waals surface area contributed by atoms with Crippen LogP contribution in [0, 0.1) is 0 Å². The highest BCUT2D eigenvalue weighted by atomic mass is 32.2. The molecular weight excluding hydrogens is 460 g/mol. The summed E-state index contributed by atoms with van der Waals surface area (Å²) < 4.78 is 7.03. The van der Waals surface area contributed by atoms with Gasteiger partial charge in [0, 0.05) is 17.4 Å². The number of hydrogen-bond acceptors (Lipinski definition) is 5. The van der Waals surface area contributed by atoms with E-state index in [1.807, 2.05) is 66.7 Å². The molecule has 0 bridgehead atoms. The molecule has 1 amide bonds. The van der Waals surface area contributed by atoms with E-state index >= 15 is 0 Å². The van der Waals surface area contributed by atoms with E-state index < -0.39 is 0 Å². The van der Waals surface area contributed by atoms with Crippen LogP contribution in [0.25, 0.3) is 27.6 Å². The van der Waals surface area contributed by atoms with Gasteiger partial charge in [0.2, 0.25) is 5.91 Å². The summed E-state index contributed by atoms with van der Waals surface area (Å²) in [4.78, 5) is 34.3. The Morgan fingerprint density at radius 2 is 1.77 bits per heavy atom. The van der Waals surface area contributed by atoms with E-state index in [9.17, 15) is 9.59 Å². The lowest BCUT2D eigenvalue weighted by Gasteiger charge is -2.15. The molecular formula is C27H24N4O3S. The number of nitrogens with one attached hydrogen (secondary N) is 2. The van der Waals surface area contributed by atoms with Crippen LogP contribution in [-0.2, 0) is 11.2 Å². The molecule has 5 rings (SSSR count). The van der Waals surface area contributed by atoms with Crippen molar-refractivity contribution >= 4 is 39.6 Å². The molecule has 176 valence electrons. The number of carbonyl (C=O) groups excluding carboxylic acids is 1. The van der Waals surface area contributed by atoms with Crippen LogP contribution in [0.3, 0.4) is 0 Å². The summed E-state index contributed by atoms with van der Waals surface area (Å²) in [5.41, 5.74) is 3.32. The molecule has 0 unspecified atom stereocenters. The third-order valence-corrected chi connectivity index (χ3v) is 6.67. The van der Waals surface area contributed by atoms with Gasteiger partial charge in [0.25, 0.3) is 5.56 Å². The van der Waals surface area contributed by atoms with Crippen LogP contribution in [0.1, 0.15) is 5.56 Å². The Balaban J connectivity index is 1.47. The Labute approximate surface area is 206 Å². The number of thioether (sulfide) groups is 1. The third kappa shape index (κ3) is 4.65. The molecule has 7 nitrogen and oxygen atoms in total. The monoisotopic (exact) mass is 484 g/mol. The van der Waals surface area contributed by atoms with Gasteiger partial charge in [-0.05, 0) is 30.2 Å². The molecule has 0 saturated carbocycles. The van der Waals surface area contributed by atoms with Crippen LogP contribution < -0.4 is 15.6 Å². The number of nitrogens with zero attached hydrogens (tertiary/aromatic N) is 2. The second kappa shape index (κ2) is 10.1. The SMILES string of the molecule is COc1ccccc1-n1c(SCC(=O)NCCc2ccccc2)nc2c([nH]c3ccccc32)c1=O. The van der Waals surface area contributed by atoms with E-state index in [-0.39, 0.29) is 17.2 Å². The lowest BCUT2D eigenvalue weighted by atomic mass is 10.1. The van der Waals surface area contributed by atoms with Crippen molar-refractivity contribution in [2.75, 3.05) is 19.4 Å². The lowest BCUT2D eigenvalue weighted by molar-refractivity contribution is -0.118. The molecule has 5 aromatic rings. The second-order valence-electron chi connectivity index (χ2n) is 7.98. The van der Waals surface area contributed by atoms with Crippen LogP contribution in [0.5, 0.6) is 5.75 Å². The maximum absolute atomic E-state index is 13.7. The molecule has 0 aliphatic carbocycles. The second-order valence-corrected chi connectivity index (χ2v) is 8.92. The molecule has 3 aromatic carbocycles. The minimum absolute atomic E-state index is 0.120. The van der Waals surface area contributed by atoms with Gasteiger partial charge >= 0.3 is 0 Å². The van der Waals surface area contributed by atoms with Gasteiger partial charge in [0.15, 0.2) is 5.16 Å². The minimum atomic E-state index is -0.248. The molecule has 0 saturated heterocycles. The van der Waals surface area contributed by atoms with E-state index in [0.29, 0.717) is 34.2 Å². The van der Waals surface area contributed by atoms with Crippen molar-refractivity contribution in [2.24, 2.45) is 0 Å². The third-order valence-electron chi connectivity index (χ3n) is 5.73. The van der Waals surface area contributed by atoms with Gasteiger partial charge in [-0.15, -0.1) is 0 Å². The summed E-state index contributed by atoms with van der Waals surface area (Å²) in [5.74, 6) is 0.552. The van der Waals surface area contributed by atoms with Crippen LogP contribution in [0.4, 0.5) is 0 Å². The zero-order valence-corrected chi connectivity index (χ0v) is 20.0. The fraction of sp³-hybridized carbons (Fsp3) is 0.148. The van der Waals surface area contributed by atoms with Crippen molar-refractivity contribution in [3.05, 3.63) is 94.8 Å². The van der Waals surface area contributed by atoms with Crippen LogP contribution in [0.2, 0.25) is 0 Å². The first kappa shape index (κ1) is 22.7. The maximum Gasteiger partial charge on any atom is 0.283 e. The highest BCUT2D eigenvalue weighted by molar-refractivity contribution is 7.99. The van der Waals surface area contributed by atoms with Crippen LogP contribution in [-0.4, -0.2) is 39.8 Å². The van der Waals surface area contributed by atoms with Gasteiger partial charge in [-0.3, -0.25) is 9.59 Å². The smallest absolute Gasteiger partial charge is 0.283 e. The summed E-state index contributed by atoms with van der Waals surface area (Å²) in [6, 6.07) is 24.9. The fourth-order valence-electron chi connectivity index (χ4n) is 4.04. The minimum Gasteiger partial charge on any atom is -0.495 e. The Hall–Kier alpha value is -4.04. The van der Waals surface area contributed by atoms with E-state index in [1.54, 1.807) is 19.2 Å². The topological polar surface area (TPSA) is 89.0 Å². The lowest BCUT2D eigenvalue weighted by Crippen LogP contribution is -2.28. The number of aromatic amines is 1. The summed E-state index contributed by atoms with van der Waals surface area (Å²) in [7, 11) is 1.56. The van der Waals surface area contributed by atoms with Crippen molar-refractivity contribution in [3.63, 3.8) is 0 Å². The van der Waals surface area contributed by atoms with Crippen LogP contribution in [0.15, 0.2) is 88.8 Å². The zero-order valence-electron chi connectivity index (χ0n) is 19.2. The van der Waals surface area contributed by atoms with Crippen LogP contribution >= 0.6 is 11.8 Å². The number of rotatable bonds is 8. The molecule has 2 aromatic heterocycles. The van der Waals surface area contributed by atoms with E-state index in [1.165, 1.54) is 16.3 Å². The van der Waals surface area contributed by atoms with E-state index in [2.05, 4.69) is 10.3 Å². The molecule has 0 fully saturated rings. The number of aromatic nitrogens is 3. The number of hydrogen-bond donors (Lipinski definition) is 2. The Kier molecular flexibility index (Phi) is 6.54. The predicted molar refractivity (Wildman–Crippen MR) is 140 cm³/mol. The molecule has 0 aliphatic heterocycles. The molecule has 8 heteroatoms. The number of carbonyl (C=O) groups is 1. The molecule has 0 aliphatic rings. The number of methoxy groups -OCH3 is 1. The van der Waals surface area contributed by atoms with Gasteiger partial charge in [-0.1, -0.05) is 72.4 Å². The number of ether oxygens (including phenoxy) is 1. The van der Waals surface area contributed by atoms with Crippen molar-refractivity contribution in [1.82, 2.24) is 19.9 Å². The number of para-hydroxylation sites is 3. The van der Waals surface area contributed by atoms with Gasteiger partial charge in [-0.2, -0.15) is 0 Å². The van der Waals surface area contributed by atoms with Crippen molar-refractivity contribution < 1.29 is 9.53 Å². The number of benzene rings is 3. The Morgan fingerprint density at radius 1 is 1.03 bits per heavy atom. The van der Waals surface area contributed by atoms with Gasteiger partial charge in [0.1, 0.15) is 16.8 Å². The highest BCUT2D eigenvalue weighted by Crippen LogP contribution is 2.29. The molecule has 2 N–H and O–H groups in total. The number of amides is 1. The first-order valence-corrected chi connectivity index (χ1v) is 12.2. The van der Waals surface area contributed by atoms with Crippen molar-refractivity contribution in [3.8, 4) is 11.4 Å². The molecule has 0 atom stereocenters. The first-order chi connectivity index (χ1) is 17.2. The molecule has 0 radical (unpaired) electrons. The summed E-state index contributed by atoms with van der Waals surface area (Å²) >= 11 is 1.23. The molecule has 35 heavy (non-hydrogen) atoms. The highest BCUT2D eigenvalue weighted by Gasteiger charge is 2.20. The number of H-pyrrole nitrogens is 1. The summed E-state index contributed by atoms with van der Waals surface area (Å²) in [6.45, 7) is 0.539. The predicted octanol–water partition coefficient (Wildman–Crippen LogP) is 4.33. The number of fused-ring (bicyclic) bond motifs is 3. The fourth-order valence-corrected chi connectivity index (χ4v) is 4.87.